The molecule has 1 unspecified atom stereocenters. The molecule has 104 valence electrons. The molecule has 0 aromatic heterocycles. The van der Waals surface area contributed by atoms with Crippen molar-refractivity contribution in [1.29, 1.82) is 0 Å². The van der Waals surface area contributed by atoms with Gasteiger partial charge < -0.3 is 15.0 Å². The van der Waals surface area contributed by atoms with E-state index >= 15 is 0 Å². The second kappa shape index (κ2) is 6.07. The summed E-state index contributed by atoms with van der Waals surface area (Å²) in [7, 11) is 0. The Morgan fingerprint density at radius 3 is 2.61 bits per heavy atom. The minimum absolute atomic E-state index is 0.0237. The molecule has 0 spiro atoms. The zero-order valence-corrected chi connectivity index (χ0v) is 11.8. The van der Waals surface area contributed by atoms with Crippen LogP contribution >= 0.6 is 0 Å². The topological polar surface area (TPSA) is 58.6 Å². The van der Waals surface area contributed by atoms with Crippen molar-refractivity contribution in [2.45, 2.75) is 46.1 Å². The van der Waals surface area contributed by atoms with E-state index < -0.39 is 5.60 Å². The maximum atomic E-state index is 11.9. The molecular weight excluding hydrogens is 232 g/mol. The van der Waals surface area contributed by atoms with Crippen molar-refractivity contribution in [3.8, 4) is 0 Å². The second-order valence-electron chi connectivity index (χ2n) is 5.87. The van der Waals surface area contributed by atoms with Crippen LogP contribution in [-0.2, 0) is 9.53 Å². The van der Waals surface area contributed by atoms with Crippen molar-refractivity contribution in [1.82, 2.24) is 10.2 Å². The Labute approximate surface area is 109 Å². The third-order valence-corrected chi connectivity index (χ3v) is 2.81. The summed E-state index contributed by atoms with van der Waals surface area (Å²) in [5.74, 6) is 0.305. The predicted octanol–water partition coefficient (Wildman–Crippen LogP) is 1.77. The van der Waals surface area contributed by atoms with Gasteiger partial charge in [0.05, 0.1) is 0 Å². The van der Waals surface area contributed by atoms with Gasteiger partial charge in [0.15, 0.2) is 0 Å². The largest absolute Gasteiger partial charge is 0.444 e. The van der Waals surface area contributed by atoms with Crippen molar-refractivity contribution < 1.29 is 14.3 Å². The summed E-state index contributed by atoms with van der Waals surface area (Å²) in [6, 6.07) is 0. The van der Waals surface area contributed by atoms with Crippen LogP contribution in [0.15, 0.2) is 0 Å². The van der Waals surface area contributed by atoms with E-state index in [4.69, 9.17) is 4.74 Å². The Morgan fingerprint density at radius 1 is 1.39 bits per heavy atom. The van der Waals surface area contributed by atoms with Crippen LogP contribution in [-0.4, -0.2) is 42.1 Å². The summed E-state index contributed by atoms with van der Waals surface area (Å²) >= 11 is 0. The smallest absolute Gasteiger partial charge is 0.410 e. The number of hydrogen-bond acceptors (Lipinski definition) is 3. The molecule has 1 fully saturated rings. The van der Waals surface area contributed by atoms with E-state index in [0.29, 0.717) is 19.0 Å². The van der Waals surface area contributed by atoms with Crippen molar-refractivity contribution in [2.75, 3.05) is 19.6 Å². The second-order valence-corrected chi connectivity index (χ2v) is 5.87. The molecule has 1 rings (SSSR count). The van der Waals surface area contributed by atoms with Gasteiger partial charge in [0, 0.05) is 26.6 Å². The number of likely N-dealkylation sites (tertiary alicyclic amines) is 1. The predicted molar refractivity (Wildman–Crippen MR) is 69.2 cm³/mol. The Morgan fingerprint density at radius 2 is 2.06 bits per heavy atom. The molecular formula is C13H24N2O3. The molecule has 1 atom stereocenters. The van der Waals surface area contributed by atoms with Crippen LogP contribution in [0.2, 0.25) is 0 Å². The number of amides is 2. The lowest BCUT2D eigenvalue weighted by Crippen LogP contribution is -2.45. The van der Waals surface area contributed by atoms with E-state index in [9.17, 15) is 9.59 Å². The number of ether oxygens (including phenoxy) is 1. The van der Waals surface area contributed by atoms with E-state index in [1.165, 1.54) is 6.92 Å². The molecule has 1 aliphatic heterocycles. The molecule has 0 radical (unpaired) electrons. The number of nitrogens with one attached hydrogen (secondary N) is 1. The van der Waals surface area contributed by atoms with Crippen LogP contribution < -0.4 is 5.32 Å². The zero-order valence-electron chi connectivity index (χ0n) is 11.8. The molecule has 1 heterocycles. The molecule has 2 amide bonds. The third-order valence-electron chi connectivity index (χ3n) is 2.81. The van der Waals surface area contributed by atoms with E-state index in [0.717, 1.165) is 19.4 Å². The average Bonchev–Trinajstić information content (AvgIpc) is 2.24. The summed E-state index contributed by atoms with van der Waals surface area (Å²) in [6.07, 6.45) is 1.75. The molecule has 0 aliphatic carbocycles. The maximum Gasteiger partial charge on any atom is 0.410 e. The Bertz CT molecular complexity index is 310. The first-order chi connectivity index (χ1) is 8.28. The minimum atomic E-state index is -0.457. The summed E-state index contributed by atoms with van der Waals surface area (Å²) in [5.41, 5.74) is -0.457. The fraction of sp³-hybridized carbons (Fsp3) is 0.846. The van der Waals surface area contributed by atoms with Gasteiger partial charge in [-0.1, -0.05) is 0 Å². The van der Waals surface area contributed by atoms with Gasteiger partial charge in [-0.25, -0.2) is 4.79 Å². The highest BCUT2D eigenvalue weighted by atomic mass is 16.6. The molecule has 0 bridgehead atoms. The van der Waals surface area contributed by atoms with Crippen molar-refractivity contribution in [3.63, 3.8) is 0 Å². The third kappa shape index (κ3) is 5.38. The van der Waals surface area contributed by atoms with Crippen molar-refractivity contribution in [2.24, 2.45) is 5.92 Å². The first-order valence-corrected chi connectivity index (χ1v) is 6.50. The molecule has 5 heteroatoms. The lowest BCUT2D eigenvalue weighted by Gasteiger charge is -2.34. The lowest BCUT2D eigenvalue weighted by molar-refractivity contribution is -0.119. The summed E-state index contributed by atoms with van der Waals surface area (Å²) < 4.78 is 5.35. The summed E-state index contributed by atoms with van der Waals surface area (Å²) in [5, 5.41) is 2.81. The van der Waals surface area contributed by atoms with E-state index in [-0.39, 0.29) is 12.0 Å². The lowest BCUT2D eigenvalue weighted by atomic mass is 9.98. The fourth-order valence-corrected chi connectivity index (χ4v) is 2.01. The first kappa shape index (κ1) is 14.8. The minimum Gasteiger partial charge on any atom is -0.444 e. The van der Waals surface area contributed by atoms with Gasteiger partial charge >= 0.3 is 6.09 Å². The summed E-state index contributed by atoms with van der Waals surface area (Å²) in [4.78, 5) is 24.5. The maximum absolute atomic E-state index is 11.9. The molecule has 0 aromatic carbocycles. The zero-order chi connectivity index (χ0) is 13.8. The van der Waals surface area contributed by atoms with Crippen molar-refractivity contribution >= 4 is 12.0 Å². The van der Waals surface area contributed by atoms with Gasteiger partial charge in [-0.2, -0.15) is 0 Å². The fourth-order valence-electron chi connectivity index (χ4n) is 2.01. The molecule has 0 aromatic rings. The van der Waals surface area contributed by atoms with Crippen LogP contribution in [0.3, 0.4) is 0 Å². The highest BCUT2D eigenvalue weighted by molar-refractivity contribution is 5.72. The van der Waals surface area contributed by atoms with E-state index in [1.54, 1.807) is 4.90 Å². The van der Waals surface area contributed by atoms with Gasteiger partial charge in [0.25, 0.3) is 0 Å². The molecule has 5 nitrogen and oxygen atoms in total. The van der Waals surface area contributed by atoms with Gasteiger partial charge in [0.1, 0.15) is 5.60 Å². The highest BCUT2D eigenvalue weighted by Crippen LogP contribution is 2.18. The monoisotopic (exact) mass is 256 g/mol. The first-order valence-electron chi connectivity index (χ1n) is 6.50. The number of carbonyl (C=O) groups excluding carboxylic acids is 2. The van der Waals surface area contributed by atoms with Gasteiger partial charge in [0.2, 0.25) is 5.91 Å². The van der Waals surface area contributed by atoms with Crippen LogP contribution in [0.25, 0.3) is 0 Å². The Kier molecular flexibility index (Phi) is 4.99. The van der Waals surface area contributed by atoms with Crippen LogP contribution in [0, 0.1) is 5.92 Å². The van der Waals surface area contributed by atoms with Gasteiger partial charge in [-0.3, -0.25) is 4.79 Å². The normalized spacial score (nSPS) is 20.4. The molecule has 1 aliphatic rings. The van der Waals surface area contributed by atoms with Crippen LogP contribution in [0.1, 0.15) is 40.5 Å². The molecule has 18 heavy (non-hydrogen) atoms. The van der Waals surface area contributed by atoms with Gasteiger partial charge in [-0.15, -0.1) is 0 Å². The van der Waals surface area contributed by atoms with Crippen LogP contribution in [0.5, 0.6) is 0 Å². The number of piperidine rings is 1. The van der Waals surface area contributed by atoms with Crippen molar-refractivity contribution in [3.05, 3.63) is 0 Å². The molecule has 1 N–H and O–H groups in total. The average molecular weight is 256 g/mol. The SMILES string of the molecule is CC(=O)NCC1CCCN(C(=O)OC(C)(C)C)C1. The molecule has 0 saturated carbocycles. The number of nitrogens with zero attached hydrogens (tertiary/aromatic N) is 1. The number of carbonyl (C=O) groups is 2. The van der Waals surface area contributed by atoms with Crippen LogP contribution in [0.4, 0.5) is 4.79 Å². The number of hydrogen-bond donors (Lipinski definition) is 1. The van der Waals surface area contributed by atoms with E-state index in [1.807, 2.05) is 20.8 Å². The Hall–Kier alpha value is -1.26. The highest BCUT2D eigenvalue weighted by Gasteiger charge is 2.27. The standard InChI is InChI=1S/C13H24N2O3/c1-10(16)14-8-11-6-5-7-15(9-11)12(17)18-13(2,3)4/h11H,5-9H2,1-4H3,(H,14,16). The molecule has 1 saturated heterocycles. The summed E-state index contributed by atoms with van der Waals surface area (Å²) in [6.45, 7) is 9.14. The number of rotatable bonds is 2. The van der Waals surface area contributed by atoms with Gasteiger partial charge in [-0.05, 0) is 39.5 Å². The quantitative estimate of drug-likeness (QED) is 0.819. The van der Waals surface area contributed by atoms with E-state index in [2.05, 4.69) is 5.32 Å². The Balaban J connectivity index is 2.43.